The SMILES string of the molecule is C=C(C(=CC=CC(COC(O)CCC1=C(OC)C=CCC1)N1C(C#N)C2CC=CC(OC)=C(OC)C(C)CC(C1CC)N2CC)OC)C(C)C. The van der Waals surface area contributed by atoms with Gasteiger partial charge in [-0.2, -0.15) is 5.26 Å². The van der Waals surface area contributed by atoms with Crippen molar-refractivity contribution < 1.29 is 28.8 Å². The van der Waals surface area contributed by atoms with Crippen LogP contribution in [0.15, 0.2) is 83.3 Å². The Kier molecular flexibility index (Phi) is 16.9. The minimum absolute atomic E-state index is 0.0288. The van der Waals surface area contributed by atoms with Gasteiger partial charge in [0.25, 0.3) is 0 Å². The first-order chi connectivity index (χ1) is 24.1. The lowest BCUT2D eigenvalue weighted by molar-refractivity contribution is -0.131. The number of rotatable bonds is 17. The van der Waals surface area contributed by atoms with Gasteiger partial charge in [-0.3, -0.25) is 9.80 Å². The number of methoxy groups -OCH3 is 4. The molecule has 3 aliphatic rings. The second kappa shape index (κ2) is 20.5. The third-order valence-electron chi connectivity index (χ3n) is 10.5. The minimum atomic E-state index is -0.965. The number of allylic oxidation sites excluding steroid dienone is 8. The Morgan fingerprint density at radius 1 is 1.08 bits per heavy atom. The fourth-order valence-corrected chi connectivity index (χ4v) is 7.79. The van der Waals surface area contributed by atoms with Crippen LogP contribution >= 0.6 is 0 Å². The van der Waals surface area contributed by atoms with Crippen LogP contribution in [0.3, 0.4) is 0 Å². The number of aliphatic hydroxyl groups excluding tert-OH is 1. The Morgan fingerprint density at radius 2 is 1.80 bits per heavy atom. The number of nitrogens with zero attached hydrogens (tertiary/aromatic N) is 3. The molecule has 278 valence electrons. The average Bonchev–Trinajstić information content (AvgIpc) is 3.12. The van der Waals surface area contributed by atoms with E-state index in [1.807, 2.05) is 24.3 Å². The van der Waals surface area contributed by atoms with Crippen LogP contribution in [0.5, 0.6) is 0 Å². The number of aliphatic hydroxyl groups is 1. The number of ether oxygens (including phenoxy) is 5. The van der Waals surface area contributed by atoms with E-state index >= 15 is 0 Å². The van der Waals surface area contributed by atoms with Crippen LogP contribution < -0.4 is 0 Å². The number of hydrogen-bond donors (Lipinski definition) is 1. The molecule has 1 aliphatic carbocycles. The lowest BCUT2D eigenvalue weighted by atomic mass is 9.82. The molecule has 7 unspecified atom stereocenters. The predicted molar refractivity (Wildman–Crippen MR) is 199 cm³/mol. The first kappa shape index (κ1) is 41.1. The topological polar surface area (TPSA) is 96.7 Å². The van der Waals surface area contributed by atoms with Gasteiger partial charge in [-0.05, 0) is 80.4 Å². The zero-order valence-corrected chi connectivity index (χ0v) is 32.1. The zero-order chi connectivity index (χ0) is 36.8. The highest BCUT2D eigenvalue weighted by Gasteiger charge is 2.49. The zero-order valence-electron chi connectivity index (χ0n) is 32.1. The summed E-state index contributed by atoms with van der Waals surface area (Å²) in [6.45, 7) is 16.0. The molecule has 2 aliphatic heterocycles. The van der Waals surface area contributed by atoms with Gasteiger partial charge < -0.3 is 28.8 Å². The van der Waals surface area contributed by atoms with E-state index in [0.717, 1.165) is 55.1 Å². The largest absolute Gasteiger partial charge is 0.497 e. The number of likely N-dealkylation sites (N-methyl/N-ethyl adjacent to an activating group) is 1. The molecular weight excluding hydrogens is 630 g/mol. The lowest BCUT2D eigenvalue weighted by Crippen LogP contribution is -2.70. The van der Waals surface area contributed by atoms with E-state index in [-0.39, 0.29) is 42.6 Å². The fraction of sp³-hybridized carbons (Fsp3) is 0.634. The maximum atomic E-state index is 11.1. The van der Waals surface area contributed by atoms with E-state index in [2.05, 4.69) is 75.3 Å². The van der Waals surface area contributed by atoms with Gasteiger partial charge in [-0.1, -0.05) is 65.5 Å². The predicted octanol–water partition coefficient (Wildman–Crippen LogP) is 7.56. The van der Waals surface area contributed by atoms with E-state index < -0.39 is 12.3 Å². The fourth-order valence-electron chi connectivity index (χ4n) is 7.79. The first-order valence-electron chi connectivity index (χ1n) is 18.4. The smallest absolute Gasteiger partial charge is 0.156 e. The summed E-state index contributed by atoms with van der Waals surface area (Å²) in [7, 11) is 6.73. The Morgan fingerprint density at radius 3 is 2.40 bits per heavy atom. The van der Waals surface area contributed by atoms with Gasteiger partial charge in [0.2, 0.25) is 0 Å². The van der Waals surface area contributed by atoms with E-state index in [0.29, 0.717) is 25.0 Å². The van der Waals surface area contributed by atoms with Crippen LogP contribution in [0.2, 0.25) is 0 Å². The Labute approximate surface area is 302 Å². The van der Waals surface area contributed by atoms with Gasteiger partial charge in [-0.25, -0.2) is 0 Å². The molecule has 0 amide bonds. The second-order valence-corrected chi connectivity index (χ2v) is 13.7. The monoisotopic (exact) mass is 693 g/mol. The molecule has 1 fully saturated rings. The van der Waals surface area contributed by atoms with Crippen LogP contribution in [-0.4, -0.2) is 93.0 Å². The number of hydrogen-bond acceptors (Lipinski definition) is 9. The van der Waals surface area contributed by atoms with Crippen molar-refractivity contribution in [2.75, 3.05) is 41.6 Å². The summed E-state index contributed by atoms with van der Waals surface area (Å²) in [5.41, 5.74) is 2.10. The van der Waals surface area contributed by atoms with Gasteiger partial charge in [-0.15, -0.1) is 0 Å². The van der Waals surface area contributed by atoms with Crippen LogP contribution in [0.1, 0.15) is 79.6 Å². The quantitative estimate of drug-likeness (QED) is 0.0941. The Hall–Kier alpha value is -3.29. The summed E-state index contributed by atoms with van der Waals surface area (Å²) in [5, 5.41) is 22.1. The summed E-state index contributed by atoms with van der Waals surface area (Å²) < 4.78 is 29.2. The van der Waals surface area contributed by atoms with E-state index in [1.54, 1.807) is 28.4 Å². The molecule has 1 N–H and O–H groups in total. The van der Waals surface area contributed by atoms with E-state index in [1.165, 1.54) is 5.57 Å². The maximum absolute atomic E-state index is 11.1. The third-order valence-corrected chi connectivity index (χ3v) is 10.5. The molecule has 50 heavy (non-hydrogen) atoms. The van der Waals surface area contributed by atoms with Crippen molar-refractivity contribution in [1.29, 1.82) is 5.26 Å². The molecule has 0 aromatic rings. The highest BCUT2D eigenvalue weighted by molar-refractivity contribution is 5.29. The molecule has 0 aromatic heterocycles. The summed E-state index contributed by atoms with van der Waals surface area (Å²) in [4.78, 5) is 4.88. The molecule has 9 nitrogen and oxygen atoms in total. The van der Waals surface area contributed by atoms with Crippen molar-refractivity contribution in [3.63, 3.8) is 0 Å². The molecule has 7 atom stereocenters. The molecule has 0 radical (unpaired) electrons. The summed E-state index contributed by atoms with van der Waals surface area (Å²) in [6.07, 6.45) is 18.6. The Balaban J connectivity index is 2.04. The normalized spacial score (nSPS) is 26.6. The summed E-state index contributed by atoms with van der Waals surface area (Å²) >= 11 is 0. The number of piperazine rings is 1. The van der Waals surface area contributed by atoms with Crippen LogP contribution in [0.25, 0.3) is 0 Å². The highest BCUT2D eigenvalue weighted by Crippen LogP contribution is 2.38. The summed E-state index contributed by atoms with van der Waals surface area (Å²) in [5.74, 6) is 3.45. The van der Waals surface area contributed by atoms with Gasteiger partial charge >= 0.3 is 0 Å². The van der Waals surface area contributed by atoms with Crippen LogP contribution in [0, 0.1) is 23.2 Å². The van der Waals surface area contributed by atoms with Crippen molar-refractivity contribution >= 4 is 0 Å². The second-order valence-electron chi connectivity index (χ2n) is 13.7. The molecule has 3 rings (SSSR count). The molecule has 0 spiro atoms. The van der Waals surface area contributed by atoms with Crippen LogP contribution in [0.4, 0.5) is 0 Å². The molecule has 2 bridgehead atoms. The molecule has 1 saturated heterocycles. The number of fused-ring (bicyclic) bond motifs is 2. The Bertz CT molecular complexity index is 1340. The summed E-state index contributed by atoms with van der Waals surface area (Å²) in [6, 6.07) is 2.09. The van der Waals surface area contributed by atoms with Crippen molar-refractivity contribution in [3.8, 4) is 6.07 Å². The van der Waals surface area contributed by atoms with Crippen molar-refractivity contribution in [1.82, 2.24) is 9.80 Å². The highest BCUT2D eigenvalue weighted by atomic mass is 16.6. The van der Waals surface area contributed by atoms with Gasteiger partial charge in [0.15, 0.2) is 12.0 Å². The molecular formula is C41H63N3O6. The van der Waals surface area contributed by atoms with Crippen molar-refractivity contribution in [2.24, 2.45) is 11.8 Å². The first-order valence-corrected chi connectivity index (χ1v) is 18.4. The lowest BCUT2D eigenvalue weighted by Gasteiger charge is -2.56. The molecule has 0 saturated carbocycles. The van der Waals surface area contributed by atoms with E-state index in [9.17, 15) is 10.4 Å². The standard InChI is InChI=1S/C41H63N3O6/c1-11-33-35-25-29(5)41(49-10)39(48-9)22-16-19-34(43(35)12-2)36(26-42)44(33)32(18-15-21-37(46-7)30(6)28(3)4)27-50-40(45)24-23-31-17-13-14-20-38(31)47-8/h14-16,18,20-22,28-29,32-36,40,45H,6,11-13,17,19,23-25,27H2,1-5,7-10H3. The molecule has 2 heterocycles. The van der Waals surface area contributed by atoms with Gasteiger partial charge in [0, 0.05) is 30.5 Å². The van der Waals surface area contributed by atoms with Gasteiger partial charge in [0.05, 0.1) is 47.2 Å². The van der Waals surface area contributed by atoms with Crippen molar-refractivity contribution in [2.45, 2.75) is 116 Å². The molecule has 0 aromatic carbocycles. The molecule has 9 heteroatoms. The van der Waals surface area contributed by atoms with Crippen LogP contribution in [-0.2, 0) is 23.7 Å². The number of nitriles is 1. The maximum Gasteiger partial charge on any atom is 0.156 e. The average molecular weight is 694 g/mol. The minimum Gasteiger partial charge on any atom is -0.497 e. The van der Waals surface area contributed by atoms with Crippen molar-refractivity contribution in [3.05, 3.63) is 83.3 Å². The third kappa shape index (κ3) is 10.2. The van der Waals surface area contributed by atoms with E-state index in [4.69, 9.17) is 23.7 Å². The van der Waals surface area contributed by atoms with Gasteiger partial charge in [0.1, 0.15) is 23.3 Å².